The van der Waals surface area contributed by atoms with Crippen LogP contribution in [-0.4, -0.2) is 53.0 Å². The lowest BCUT2D eigenvalue weighted by Crippen LogP contribution is -2.56. The van der Waals surface area contributed by atoms with Gasteiger partial charge >= 0.3 is 0 Å². The molecule has 0 aromatic heterocycles. The van der Waals surface area contributed by atoms with Crippen LogP contribution >= 0.6 is 0 Å². The Balaban J connectivity index is 2.02. The van der Waals surface area contributed by atoms with E-state index in [1.165, 1.54) is 10.4 Å². The Labute approximate surface area is 138 Å². The van der Waals surface area contributed by atoms with Crippen molar-refractivity contribution in [3.05, 3.63) is 29.3 Å². The maximum Gasteiger partial charge on any atom is 0.251 e. The smallest absolute Gasteiger partial charge is 0.251 e. The van der Waals surface area contributed by atoms with Gasteiger partial charge in [-0.3, -0.25) is 9.00 Å². The van der Waals surface area contributed by atoms with Crippen molar-refractivity contribution in [2.24, 2.45) is 0 Å². The zero-order valence-electron chi connectivity index (χ0n) is 13.2. The second kappa shape index (κ2) is 5.68. The third-order valence-electron chi connectivity index (χ3n) is 4.31. The molecule has 1 amide bonds. The highest BCUT2D eigenvalue weighted by atomic mass is 32.2. The van der Waals surface area contributed by atoms with Crippen LogP contribution in [0.5, 0.6) is 0 Å². The number of hydrogen-bond donors (Lipinski definition) is 1. The van der Waals surface area contributed by atoms with Crippen molar-refractivity contribution < 1.29 is 17.4 Å². The molecule has 0 spiro atoms. The number of nitrogens with zero attached hydrogens (tertiary/aromatic N) is 1. The van der Waals surface area contributed by atoms with Crippen LogP contribution in [0.25, 0.3) is 0 Å². The molecule has 6 nitrogen and oxygen atoms in total. The van der Waals surface area contributed by atoms with E-state index in [1.807, 2.05) is 0 Å². The van der Waals surface area contributed by atoms with Crippen LogP contribution in [0, 0.1) is 0 Å². The molecule has 2 aliphatic heterocycles. The molecular weight excluding hydrogens is 336 g/mol. The third kappa shape index (κ3) is 2.95. The summed E-state index contributed by atoms with van der Waals surface area (Å²) in [5.74, 6) is 0.425. The Bertz CT molecular complexity index is 787. The van der Waals surface area contributed by atoms with Crippen LogP contribution < -0.4 is 5.32 Å². The number of benzene rings is 1. The molecule has 1 N–H and O–H groups in total. The SMILES string of the molecule is CC1(C)C[S@@](=O)CCN1S(=O)(=O)c1ccc2c(c1)C(=O)NCC2. The lowest BCUT2D eigenvalue weighted by molar-refractivity contribution is 0.0945. The van der Waals surface area contributed by atoms with Gasteiger partial charge in [-0.25, -0.2) is 8.42 Å². The predicted octanol–water partition coefficient (Wildman–Crippen LogP) is 0.504. The molecule has 1 aromatic rings. The van der Waals surface area contributed by atoms with Crippen LogP contribution in [0.4, 0.5) is 0 Å². The highest BCUT2D eigenvalue weighted by Crippen LogP contribution is 2.29. The van der Waals surface area contributed by atoms with Gasteiger partial charge in [0, 0.05) is 46.5 Å². The first kappa shape index (κ1) is 16.6. The van der Waals surface area contributed by atoms with E-state index in [0.717, 1.165) is 5.56 Å². The summed E-state index contributed by atoms with van der Waals surface area (Å²) < 4.78 is 39.2. The Kier molecular flexibility index (Phi) is 4.10. The van der Waals surface area contributed by atoms with Gasteiger partial charge < -0.3 is 5.32 Å². The Morgan fingerprint density at radius 1 is 1.30 bits per heavy atom. The minimum atomic E-state index is -3.73. The zero-order valence-corrected chi connectivity index (χ0v) is 14.8. The molecule has 126 valence electrons. The van der Waals surface area contributed by atoms with Crippen LogP contribution in [-0.2, 0) is 27.2 Å². The van der Waals surface area contributed by atoms with E-state index in [4.69, 9.17) is 0 Å². The Morgan fingerprint density at radius 2 is 2.04 bits per heavy atom. The lowest BCUT2D eigenvalue weighted by Gasteiger charge is -2.40. The molecule has 2 heterocycles. The molecular formula is C15H20N2O4S2. The summed E-state index contributed by atoms with van der Waals surface area (Å²) in [7, 11) is -4.73. The average Bonchev–Trinajstić information content (AvgIpc) is 2.45. The van der Waals surface area contributed by atoms with Gasteiger partial charge in [-0.1, -0.05) is 6.07 Å². The van der Waals surface area contributed by atoms with E-state index in [9.17, 15) is 17.4 Å². The normalized spacial score (nSPS) is 24.8. The van der Waals surface area contributed by atoms with Crippen molar-refractivity contribution >= 4 is 26.7 Å². The Morgan fingerprint density at radius 3 is 2.74 bits per heavy atom. The summed E-state index contributed by atoms with van der Waals surface area (Å²) in [6.07, 6.45) is 0.704. The summed E-state index contributed by atoms with van der Waals surface area (Å²) >= 11 is 0. The van der Waals surface area contributed by atoms with Gasteiger partial charge in [-0.15, -0.1) is 0 Å². The van der Waals surface area contributed by atoms with Crippen molar-refractivity contribution in [3.8, 4) is 0 Å². The van der Waals surface area contributed by atoms with Gasteiger partial charge in [0.15, 0.2) is 0 Å². The van der Waals surface area contributed by atoms with E-state index in [2.05, 4.69) is 5.32 Å². The monoisotopic (exact) mass is 356 g/mol. The largest absolute Gasteiger partial charge is 0.352 e. The molecule has 0 aliphatic carbocycles. The molecule has 1 atom stereocenters. The topological polar surface area (TPSA) is 83.6 Å². The fourth-order valence-corrected chi connectivity index (χ4v) is 6.63. The first-order chi connectivity index (χ1) is 10.7. The fourth-order valence-electron chi connectivity index (χ4n) is 3.15. The highest BCUT2D eigenvalue weighted by Gasteiger charge is 2.41. The maximum absolute atomic E-state index is 13.0. The number of nitrogens with one attached hydrogen (secondary N) is 1. The highest BCUT2D eigenvalue weighted by molar-refractivity contribution is 7.89. The molecule has 1 fully saturated rings. The second-order valence-electron chi connectivity index (χ2n) is 6.50. The molecule has 8 heteroatoms. The summed E-state index contributed by atoms with van der Waals surface area (Å²) in [6, 6.07) is 4.74. The summed E-state index contributed by atoms with van der Waals surface area (Å²) in [6.45, 7) is 4.37. The lowest BCUT2D eigenvalue weighted by atomic mass is 10.0. The summed E-state index contributed by atoms with van der Waals surface area (Å²) in [5.41, 5.74) is 0.586. The molecule has 0 saturated carbocycles. The van der Waals surface area contributed by atoms with E-state index < -0.39 is 26.4 Å². The predicted molar refractivity (Wildman–Crippen MR) is 88.3 cm³/mol. The first-order valence-corrected chi connectivity index (χ1v) is 10.4. The second-order valence-corrected chi connectivity index (χ2v) is 9.94. The van der Waals surface area contributed by atoms with Crippen molar-refractivity contribution in [2.45, 2.75) is 30.7 Å². The summed E-state index contributed by atoms with van der Waals surface area (Å²) in [4.78, 5) is 12.1. The van der Waals surface area contributed by atoms with Crippen molar-refractivity contribution in [2.75, 3.05) is 24.6 Å². The van der Waals surface area contributed by atoms with Crippen LogP contribution in [0.1, 0.15) is 29.8 Å². The molecule has 2 aliphatic rings. The molecule has 3 rings (SSSR count). The van der Waals surface area contributed by atoms with Crippen molar-refractivity contribution in [3.63, 3.8) is 0 Å². The van der Waals surface area contributed by atoms with Crippen LogP contribution in [0.3, 0.4) is 0 Å². The van der Waals surface area contributed by atoms with Crippen LogP contribution in [0.2, 0.25) is 0 Å². The molecule has 23 heavy (non-hydrogen) atoms. The summed E-state index contributed by atoms with van der Waals surface area (Å²) in [5, 5.41) is 2.73. The minimum Gasteiger partial charge on any atom is -0.352 e. The fraction of sp³-hybridized carbons (Fsp3) is 0.533. The quantitative estimate of drug-likeness (QED) is 0.837. The number of carbonyl (C=O) groups is 1. The zero-order chi connectivity index (χ0) is 16.8. The van der Waals surface area contributed by atoms with E-state index >= 15 is 0 Å². The van der Waals surface area contributed by atoms with Gasteiger partial charge in [-0.2, -0.15) is 4.31 Å². The average molecular weight is 356 g/mol. The number of sulfonamides is 1. The van der Waals surface area contributed by atoms with E-state index in [1.54, 1.807) is 26.0 Å². The van der Waals surface area contributed by atoms with Gasteiger partial charge in [0.1, 0.15) is 0 Å². The molecule has 0 bridgehead atoms. The van der Waals surface area contributed by atoms with Gasteiger partial charge in [0.2, 0.25) is 10.0 Å². The Hall–Kier alpha value is -1.25. The van der Waals surface area contributed by atoms with Crippen molar-refractivity contribution in [1.82, 2.24) is 9.62 Å². The van der Waals surface area contributed by atoms with Gasteiger partial charge in [0.05, 0.1) is 4.90 Å². The number of amides is 1. The van der Waals surface area contributed by atoms with Crippen LogP contribution in [0.15, 0.2) is 23.1 Å². The molecule has 1 saturated heterocycles. The molecule has 0 unspecified atom stereocenters. The first-order valence-electron chi connectivity index (χ1n) is 7.51. The van der Waals surface area contributed by atoms with Gasteiger partial charge in [0.25, 0.3) is 5.91 Å². The maximum atomic E-state index is 13.0. The minimum absolute atomic E-state index is 0.119. The van der Waals surface area contributed by atoms with Gasteiger partial charge in [-0.05, 0) is 38.0 Å². The number of fused-ring (bicyclic) bond motifs is 1. The van der Waals surface area contributed by atoms with Crippen molar-refractivity contribution in [1.29, 1.82) is 0 Å². The molecule has 1 aromatic carbocycles. The number of carbonyl (C=O) groups excluding carboxylic acids is 1. The van der Waals surface area contributed by atoms with E-state index in [-0.39, 0.29) is 17.3 Å². The number of rotatable bonds is 2. The number of hydrogen-bond acceptors (Lipinski definition) is 4. The third-order valence-corrected chi connectivity index (χ3v) is 8.08. The van der Waals surface area contributed by atoms with E-state index in [0.29, 0.717) is 30.0 Å². The standard InChI is InChI=1S/C15H20N2O4S2/c1-15(2)10-22(19)8-7-17(15)23(20,21)12-4-3-11-5-6-16-14(18)13(11)9-12/h3-4,9H,5-8,10H2,1-2H3,(H,16,18)/t22-/m0/s1. The molecule has 0 radical (unpaired) electrons.